The van der Waals surface area contributed by atoms with Crippen LogP contribution in [-0.2, 0) is 14.9 Å². The first-order valence-corrected chi connectivity index (χ1v) is 12.5. The lowest BCUT2D eigenvalue weighted by atomic mass is 9.44. The van der Waals surface area contributed by atoms with E-state index in [2.05, 4.69) is 6.58 Å². The van der Waals surface area contributed by atoms with Gasteiger partial charge < -0.3 is 9.47 Å². The Morgan fingerprint density at radius 3 is 2.77 bits per heavy atom. The van der Waals surface area contributed by atoms with Gasteiger partial charge in [0.25, 0.3) is 10.1 Å². The molecule has 0 radical (unpaired) electrons. The third-order valence-corrected chi connectivity index (χ3v) is 9.18. The second-order valence-corrected chi connectivity index (χ2v) is 11.3. The fraction of sp³-hybridized carbons (Fsp3) is 0.609. The second kappa shape index (κ2) is 6.78. The first-order valence-electron chi connectivity index (χ1n) is 10.9. The van der Waals surface area contributed by atoms with Crippen LogP contribution in [0.1, 0.15) is 49.4 Å². The largest absolute Gasteiger partial charge is 0.479 e. The number of hydrogen-bond donors (Lipinski definition) is 1. The number of benzene rings is 1. The Balaban J connectivity index is 1.40. The lowest BCUT2D eigenvalue weighted by Gasteiger charge is -2.63. The number of halogens is 1. The molecule has 4 aliphatic rings. The van der Waals surface area contributed by atoms with E-state index < -0.39 is 39.9 Å². The zero-order valence-electron chi connectivity index (χ0n) is 17.5. The third-order valence-electron chi connectivity index (χ3n) is 8.50. The second-order valence-electron chi connectivity index (χ2n) is 9.73. The number of esters is 1. The van der Waals surface area contributed by atoms with Crippen LogP contribution in [0.25, 0.3) is 0 Å². The summed E-state index contributed by atoms with van der Waals surface area (Å²) in [6.45, 7) is 5.71. The highest BCUT2D eigenvalue weighted by atomic mass is 32.2. The Labute approximate surface area is 181 Å². The Kier molecular flexibility index (Phi) is 4.58. The molecule has 2 bridgehead atoms. The zero-order chi connectivity index (χ0) is 22.2. The van der Waals surface area contributed by atoms with Gasteiger partial charge in [-0.25, -0.2) is 9.18 Å². The van der Waals surface area contributed by atoms with Crippen LogP contribution < -0.4 is 4.74 Å². The molecule has 1 spiro atoms. The standard InChI is InChI=1S/C23H27FO6S/c1-13(2)23(17-11-16-18(23)12-22(16)7-3-4-15(17)22)30-20-10-14(5-6-19(20)24)21(25)29-8-9-31(26,27)28/h5-6,10,15-18H,1,3-4,7-9,11-12H2,2H3,(H,26,27,28). The minimum Gasteiger partial charge on any atom is -0.479 e. The number of carbonyl (C=O) groups excluding carboxylic acids is 1. The summed E-state index contributed by atoms with van der Waals surface area (Å²) in [6.07, 6.45) is 5.93. The third kappa shape index (κ3) is 2.90. The predicted molar refractivity (Wildman–Crippen MR) is 111 cm³/mol. The number of ether oxygens (including phenoxy) is 2. The monoisotopic (exact) mass is 450 g/mol. The normalized spacial score (nSPS) is 37.3. The molecule has 1 N–H and O–H groups in total. The van der Waals surface area contributed by atoms with Crippen molar-refractivity contribution in [2.75, 3.05) is 12.4 Å². The van der Waals surface area contributed by atoms with E-state index in [1.807, 2.05) is 6.92 Å². The van der Waals surface area contributed by atoms with Crippen molar-refractivity contribution in [1.29, 1.82) is 0 Å². The molecule has 0 aliphatic heterocycles. The molecule has 6 atom stereocenters. The number of hydrogen-bond acceptors (Lipinski definition) is 5. The summed E-state index contributed by atoms with van der Waals surface area (Å²) in [4.78, 5) is 12.3. The fourth-order valence-corrected chi connectivity index (χ4v) is 7.80. The van der Waals surface area contributed by atoms with Crippen molar-refractivity contribution in [1.82, 2.24) is 0 Å². The van der Waals surface area contributed by atoms with Crippen LogP contribution in [0, 0.1) is 34.9 Å². The van der Waals surface area contributed by atoms with E-state index >= 15 is 0 Å². The number of carbonyl (C=O) groups is 1. The summed E-state index contributed by atoms with van der Waals surface area (Å²) in [7, 11) is -4.24. The summed E-state index contributed by atoms with van der Waals surface area (Å²) in [5, 5.41) is 0. The predicted octanol–water partition coefficient (Wildman–Crippen LogP) is 4.02. The summed E-state index contributed by atoms with van der Waals surface area (Å²) < 4.78 is 56.5. The topological polar surface area (TPSA) is 89.9 Å². The van der Waals surface area contributed by atoms with Crippen molar-refractivity contribution >= 4 is 16.1 Å². The average Bonchev–Trinajstić information content (AvgIpc) is 3.29. The maximum Gasteiger partial charge on any atom is 0.338 e. The van der Waals surface area contributed by atoms with Gasteiger partial charge in [-0.2, -0.15) is 8.42 Å². The Bertz CT molecular complexity index is 1070. The van der Waals surface area contributed by atoms with Crippen molar-refractivity contribution in [2.24, 2.45) is 29.1 Å². The molecule has 5 rings (SSSR count). The fourth-order valence-electron chi connectivity index (χ4n) is 7.50. The molecule has 1 aromatic rings. The van der Waals surface area contributed by atoms with Gasteiger partial charge in [-0.3, -0.25) is 4.55 Å². The van der Waals surface area contributed by atoms with E-state index in [1.165, 1.54) is 31.4 Å². The van der Waals surface area contributed by atoms with Gasteiger partial charge in [-0.05, 0) is 73.6 Å². The Hall–Kier alpha value is -1.93. The molecule has 0 saturated heterocycles. The van der Waals surface area contributed by atoms with Crippen molar-refractivity contribution in [3.63, 3.8) is 0 Å². The van der Waals surface area contributed by atoms with Crippen molar-refractivity contribution in [2.45, 2.75) is 44.6 Å². The maximum absolute atomic E-state index is 14.8. The summed E-state index contributed by atoms with van der Waals surface area (Å²) in [5.74, 6) is -0.214. The Morgan fingerprint density at radius 2 is 2.06 bits per heavy atom. The molecule has 6 unspecified atom stereocenters. The van der Waals surface area contributed by atoms with E-state index in [4.69, 9.17) is 14.0 Å². The summed E-state index contributed by atoms with van der Waals surface area (Å²) in [5.41, 5.74) is 0.825. The van der Waals surface area contributed by atoms with Crippen LogP contribution in [0.5, 0.6) is 5.75 Å². The molecule has 31 heavy (non-hydrogen) atoms. The number of fused-ring (bicyclic) bond motifs is 2. The molecule has 4 saturated carbocycles. The van der Waals surface area contributed by atoms with Crippen LogP contribution >= 0.6 is 0 Å². The molecule has 4 aliphatic carbocycles. The van der Waals surface area contributed by atoms with E-state index in [1.54, 1.807) is 0 Å². The van der Waals surface area contributed by atoms with Gasteiger partial charge in [0.15, 0.2) is 11.6 Å². The summed E-state index contributed by atoms with van der Waals surface area (Å²) >= 11 is 0. The molecule has 168 valence electrons. The molecular formula is C23H27FO6S. The SMILES string of the molecule is C=C(C)C1(Oc2cc(C(=O)OCCS(=O)(=O)O)ccc2F)C2CC3C1CC31CCCC21. The molecule has 0 heterocycles. The van der Waals surface area contributed by atoms with E-state index in [9.17, 15) is 17.6 Å². The van der Waals surface area contributed by atoms with Gasteiger partial charge in [-0.1, -0.05) is 13.0 Å². The van der Waals surface area contributed by atoms with Gasteiger partial charge in [0.1, 0.15) is 18.0 Å². The van der Waals surface area contributed by atoms with Gasteiger partial charge >= 0.3 is 5.97 Å². The van der Waals surface area contributed by atoms with Crippen molar-refractivity contribution in [3.05, 3.63) is 41.7 Å². The molecule has 6 nitrogen and oxygen atoms in total. The lowest BCUT2D eigenvalue weighted by molar-refractivity contribution is -0.166. The quantitative estimate of drug-likeness (QED) is 0.383. The highest BCUT2D eigenvalue weighted by molar-refractivity contribution is 7.85. The van der Waals surface area contributed by atoms with Crippen LogP contribution in [-0.4, -0.2) is 36.9 Å². The van der Waals surface area contributed by atoms with E-state index in [0.717, 1.165) is 24.5 Å². The van der Waals surface area contributed by atoms with Gasteiger partial charge in [-0.15, -0.1) is 0 Å². The molecule has 8 heteroatoms. The molecule has 4 fully saturated rings. The minimum atomic E-state index is -4.24. The van der Waals surface area contributed by atoms with Crippen molar-refractivity contribution < 1.29 is 31.6 Å². The minimum absolute atomic E-state index is 0.00437. The lowest BCUT2D eigenvalue weighted by Crippen LogP contribution is -2.64. The van der Waals surface area contributed by atoms with Gasteiger partial charge in [0.2, 0.25) is 0 Å². The number of rotatable bonds is 7. The first-order chi connectivity index (χ1) is 14.6. The zero-order valence-corrected chi connectivity index (χ0v) is 18.3. The molecule has 0 amide bonds. The van der Waals surface area contributed by atoms with E-state index in [0.29, 0.717) is 29.1 Å². The average molecular weight is 451 g/mol. The Morgan fingerprint density at radius 1 is 1.29 bits per heavy atom. The van der Waals surface area contributed by atoms with Crippen LogP contribution in [0.3, 0.4) is 0 Å². The van der Waals surface area contributed by atoms with Crippen LogP contribution in [0.4, 0.5) is 4.39 Å². The maximum atomic E-state index is 14.8. The molecule has 0 aromatic heterocycles. The van der Waals surface area contributed by atoms with Crippen LogP contribution in [0.2, 0.25) is 0 Å². The molecular weight excluding hydrogens is 423 g/mol. The summed E-state index contributed by atoms with van der Waals surface area (Å²) in [6, 6.07) is 3.76. The van der Waals surface area contributed by atoms with Crippen molar-refractivity contribution in [3.8, 4) is 5.75 Å². The highest BCUT2D eigenvalue weighted by Gasteiger charge is 2.80. The van der Waals surface area contributed by atoms with Gasteiger partial charge in [0, 0.05) is 11.8 Å². The molecule has 1 aromatic carbocycles. The van der Waals surface area contributed by atoms with E-state index in [-0.39, 0.29) is 11.3 Å². The first kappa shape index (κ1) is 20.9. The van der Waals surface area contributed by atoms with Crippen LogP contribution in [0.15, 0.2) is 30.4 Å². The highest BCUT2D eigenvalue weighted by Crippen LogP contribution is 2.82. The smallest absolute Gasteiger partial charge is 0.338 e. The van der Waals surface area contributed by atoms with Gasteiger partial charge in [0.05, 0.1) is 5.56 Å².